The number of Topliss-reactive ketones (excluding diaryl/α,β-unsaturated/α-hetero) is 1. The average Bonchev–Trinajstić information content (AvgIpc) is 2.25. The minimum Gasteiger partial charge on any atom is -0.373 e. The summed E-state index contributed by atoms with van der Waals surface area (Å²) in [5, 5.41) is 0. The van der Waals surface area contributed by atoms with Crippen LogP contribution in [0.3, 0.4) is 0 Å². The zero-order valence-electron chi connectivity index (χ0n) is 10.3. The molecule has 1 aromatic rings. The number of ketones is 1. The van der Waals surface area contributed by atoms with E-state index >= 15 is 0 Å². The lowest BCUT2D eigenvalue weighted by atomic mass is 10.1. The molecule has 0 N–H and O–H groups in total. The van der Waals surface area contributed by atoms with Crippen LogP contribution in [-0.4, -0.2) is 22.9 Å². The summed E-state index contributed by atoms with van der Waals surface area (Å²) in [5.41, 5.74) is 1.30. The maximum atomic E-state index is 11.2. The molecule has 0 fully saturated rings. The molecule has 1 unspecified atom stereocenters. The minimum atomic E-state index is -0.0790. The Kier molecular flexibility index (Phi) is 4.55. The van der Waals surface area contributed by atoms with Crippen LogP contribution in [0.1, 0.15) is 54.7 Å². The summed E-state index contributed by atoms with van der Waals surface area (Å²) in [4.78, 5) is 19.8. The number of hydrogen-bond acceptors (Lipinski definition) is 4. The fraction of sp³-hybridized carbons (Fsp3) is 0.583. The zero-order valence-corrected chi connectivity index (χ0v) is 10.3. The molecule has 16 heavy (non-hydrogen) atoms. The predicted molar refractivity (Wildman–Crippen MR) is 61.4 cm³/mol. The van der Waals surface area contributed by atoms with E-state index < -0.39 is 0 Å². The normalized spacial score (nSPS) is 12.5. The van der Waals surface area contributed by atoms with Gasteiger partial charge in [0.25, 0.3) is 0 Å². The smallest absolute Gasteiger partial charge is 0.163 e. The standard InChI is InChI=1S/C12H18N2O2/c1-5-6-11(16-4)12-13-7-10(9(3)15)8(2)14-12/h7,11H,5-6H2,1-4H3. The number of ether oxygens (including phenoxy) is 1. The van der Waals surface area contributed by atoms with E-state index in [1.165, 1.54) is 6.92 Å². The number of carbonyl (C=O) groups excluding carboxylic acids is 1. The third kappa shape index (κ3) is 2.85. The van der Waals surface area contributed by atoms with Crippen LogP contribution in [0.4, 0.5) is 0 Å². The first-order valence-corrected chi connectivity index (χ1v) is 5.47. The summed E-state index contributed by atoms with van der Waals surface area (Å²) >= 11 is 0. The van der Waals surface area contributed by atoms with Gasteiger partial charge >= 0.3 is 0 Å². The number of carbonyl (C=O) groups is 1. The summed E-state index contributed by atoms with van der Waals surface area (Å²) in [7, 11) is 1.65. The summed E-state index contributed by atoms with van der Waals surface area (Å²) in [6.45, 7) is 5.43. The molecular formula is C12H18N2O2. The molecule has 0 aliphatic rings. The topological polar surface area (TPSA) is 52.1 Å². The van der Waals surface area contributed by atoms with Crippen LogP contribution < -0.4 is 0 Å². The highest BCUT2D eigenvalue weighted by molar-refractivity contribution is 5.94. The number of nitrogens with zero attached hydrogens (tertiary/aromatic N) is 2. The van der Waals surface area contributed by atoms with Crippen molar-refractivity contribution in [3.8, 4) is 0 Å². The lowest BCUT2D eigenvalue weighted by Gasteiger charge is -2.13. The second kappa shape index (κ2) is 5.70. The quantitative estimate of drug-likeness (QED) is 0.718. The second-order valence-electron chi connectivity index (χ2n) is 3.80. The SMILES string of the molecule is CCCC(OC)c1ncc(C(C)=O)c(C)n1. The van der Waals surface area contributed by atoms with Crippen molar-refractivity contribution >= 4 is 5.78 Å². The lowest BCUT2D eigenvalue weighted by molar-refractivity contribution is 0.0871. The average molecular weight is 222 g/mol. The van der Waals surface area contributed by atoms with E-state index in [0.717, 1.165) is 18.5 Å². The van der Waals surface area contributed by atoms with E-state index in [2.05, 4.69) is 16.9 Å². The fourth-order valence-corrected chi connectivity index (χ4v) is 1.60. The van der Waals surface area contributed by atoms with Gasteiger partial charge in [0.2, 0.25) is 0 Å². The van der Waals surface area contributed by atoms with Crippen molar-refractivity contribution in [1.82, 2.24) is 9.97 Å². The molecule has 0 aromatic carbocycles. The first kappa shape index (κ1) is 12.8. The maximum absolute atomic E-state index is 11.2. The number of hydrogen-bond donors (Lipinski definition) is 0. The van der Waals surface area contributed by atoms with E-state index in [1.54, 1.807) is 13.3 Å². The lowest BCUT2D eigenvalue weighted by Crippen LogP contribution is -2.10. The Hall–Kier alpha value is -1.29. The molecule has 1 atom stereocenters. The highest BCUT2D eigenvalue weighted by Crippen LogP contribution is 2.19. The van der Waals surface area contributed by atoms with Crippen LogP contribution in [0, 0.1) is 6.92 Å². The molecule has 0 aliphatic carbocycles. The molecular weight excluding hydrogens is 204 g/mol. The van der Waals surface area contributed by atoms with E-state index in [1.807, 2.05) is 6.92 Å². The number of rotatable bonds is 5. The van der Waals surface area contributed by atoms with Gasteiger partial charge in [0.05, 0.1) is 11.3 Å². The molecule has 0 bridgehead atoms. The van der Waals surface area contributed by atoms with Crippen molar-refractivity contribution < 1.29 is 9.53 Å². The van der Waals surface area contributed by atoms with Gasteiger partial charge in [-0.15, -0.1) is 0 Å². The molecule has 0 aliphatic heterocycles. The molecule has 0 radical (unpaired) electrons. The Bertz CT molecular complexity index is 377. The first-order chi connectivity index (χ1) is 7.60. The van der Waals surface area contributed by atoms with Crippen LogP contribution in [0.25, 0.3) is 0 Å². The minimum absolute atomic E-state index is 0.00601. The molecule has 1 aromatic heterocycles. The number of aryl methyl sites for hydroxylation is 1. The maximum Gasteiger partial charge on any atom is 0.163 e. The second-order valence-corrected chi connectivity index (χ2v) is 3.80. The van der Waals surface area contributed by atoms with Crippen LogP contribution >= 0.6 is 0 Å². The fourth-order valence-electron chi connectivity index (χ4n) is 1.60. The Morgan fingerprint density at radius 2 is 2.25 bits per heavy atom. The Morgan fingerprint density at radius 3 is 2.69 bits per heavy atom. The summed E-state index contributed by atoms with van der Waals surface area (Å²) < 4.78 is 5.32. The highest BCUT2D eigenvalue weighted by Gasteiger charge is 2.15. The van der Waals surface area contributed by atoms with Gasteiger partial charge in [0.1, 0.15) is 6.10 Å². The van der Waals surface area contributed by atoms with E-state index in [4.69, 9.17) is 4.74 Å². The Labute approximate surface area is 96.1 Å². The van der Waals surface area contributed by atoms with Crippen molar-refractivity contribution in [1.29, 1.82) is 0 Å². The highest BCUT2D eigenvalue weighted by atomic mass is 16.5. The van der Waals surface area contributed by atoms with Gasteiger partial charge in [-0.3, -0.25) is 4.79 Å². The van der Waals surface area contributed by atoms with Gasteiger partial charge in [-0.05, 0) is 20.3 Å². The summed E-state index contributed by atoms with van der Waals surface area (Å²) in [5.74, 6) is 0.653. The molecule has 4 heteroatoms. The van der Waals surface area contributed by atoms with Gasteiger partial charge in [-0.25, -0.2) is 9.97 Å². The molecule has 88 valence electrons. The van der Waals surface area contributed by atoms with Gasteiger partial charge in [0, 0.05) is 13.3 Å². The predicted octanol–water partition coefficient (Wildman–Crippen LogP) is 2.48. The molecule has 0 amide bonds. The number of methoxy groups -OCH3 is 1. The van der Waals surface area contributed by atoms with Crippen molar-refractivity contribution in [2.24, 2.45) is 0 Å². The zero-order chi connectivity index (χ0) is 12.1. The molecule has 4 nitrogen and oxygen atoms in total. The van der Waals surface area contributed by atoms with Gasteiger partial charge in [-0.1, -0.05) is 13.3 Å². The molecule has 0 saturated carbocycles. The van der Waals surface area contributed by atoms with E-state index in [-0.39, 0.29) is 11.9 Å². The van der Waals surface area contributed by atoms with Gasteiger partial charge < -0.3 is 4.74 Å². The molecule has 0 saturated heterocycles. The third-order valence-electron chi connectivity index (χ3n) is 2.50. The van der Waals surface area contributed by atoms with Crippen molar-refractivity contribution in [3.05, 3.63) is 23.3 Å². The number of aromatic nitrogens is 2. The van der Waals surface area contributed by atoms with Gasteiger partial charge in [0.15, 0.2) is 11.6 Å². The first-order valence-electron chi connectivity index (χ1n) is 5.47. The monoisotopic (exact) mass is 222 g/mol. The van der Waals surface area contributed by atoms with Crippen LogP contribution in [0.2, 0.25) is 0 Å². The Balaban J connectivity index is 2.99. The molecule has 1 heterocycles. The summed E-state index contributed by atoms with van der Waals surface area (Å²) in [6.07, 6.45) is 3.40. The summed E-state index contributed by atoms with van der Waals surface area (Å²) in [6, 6.07) is 0. The van der Waals surface area contributed by atoms with Crippen LogP contribution in [-0.2, 0) is 4.74 Å². The van der Waals surface area contributed by atoms with Crippen molar-refractivity contribution in [2.45, 2.75) is 39.7 Å². The molecule has 1 rings (SSSR count). The van der Waals surface area contributed by atoms with E-state index in [9.17, 15) is 4.79 Å². The van der Waals surface area contributed by atoms with Crippen LogP contribution in [0.15, 0.2) is 6.20 Å². The third-order valence-corrected chi connectivity index (χ3v) is 2.50. The Morgan fingerprint density at radius 1 is 1.56 bits per heavy atom. The van der Waals surface area contributed by atoms with Crippen LogP contribution in [0.5, 0.6) is 0 Å². The van der Waals surface area contributed by atoms with E-state index in [0.29, 0.717) is 11.4 Å². The largest absolute Gasteiger partial charge is 0.373 e. The van der Waals surface area contributed by atoms with Gasteiger partial charge in [-0.2, -0.15) is 0 Å². The molecule has 0 spiro atoms. The van der Waals surface area contributed by atoms with Crippen molar-refractivity contribution in [3.63, 3.8) is 0 Å². The van der Waals surface area contributed by atoms with Crippen molar-refractivity contribution in [2.75, 3.05) is 7.11 Å².